The molecule has 0 bridgehead atoms. The Morgan fingerprint density at radius 3 is 2.74 bits per heavy atom. The van der Waals surface area contributed by atoms with E-state index in [-0.39, 0.29) is 12.5 Å². The molecule has 0 unspecified atom stereocenters. The summed E-state index contributed by atoms with van der Waals surface area (Å²) in [5.74, 6) is 0.636. The number of carbonyl (C=O) groups is 1. The van der Waals surface area contributed by atoms with Gasteiger partial charge in [0.2, 0.25) is 0 Å². The summed E-state index contributed by atoms with van der Waals surface area (Å²) in [6.45, 7) is 2.18. The summed E-state index contributed by atoms with van der Waals surface area (Å²) in [5, 5.41) is 7.21. The molecule has 3 aromatic rings. The molecule has 6 heteroatoms. The van der Waals surface area contributed by atoms with Crippen LogP contribution in [0.2, 0.25) is 5.02 Å². The summed E-state index contributed by atoms with van der Waals surface area (Å²) in [7, 11) is 0. The largest absolute Gasteiger partial charge is 0.345 e. The number of aromatic nitrogens is 2. The first-order valence-electron chi connectivity index (χ1n) is 7.05. The van der Waals surface area contributed by atoms with Gasteiger partial charge >= 0.3 is 0 Å². The maximum absolute atomic E-state index is 12.0. The van der Waals surface area contributed by atoms with Crippen molar-refractivity contribution in [3.05, 3.63) is 70.5 Å². The molecule has 0 aliphatic heterocycles. The van der Waals surface area contributed by atoms with E-state index in [1.54, 1.807) is 24.3 Å². The predicted molar refractivity (Wildman–Crippen MR) is 87.1 cm³/mol. The molecule has 0 saturated heterocycles. The van der Waals surface area contributed by atoms with Crippen LogP contribution < -0.4 is 5.32 Å². The lowest BCUT2D eigenvalue weighted by Crippen LogP contribution is -2.23. The highest BCUT2D eigenvalue weighted by molar-refractivity contribution is 6.30. The van der Waals surface area contributed by atoms with Crippen molar-refractivity contribution < 1.29 is 9.32 Å². The summed E-state index contributed by atoms with van der Waals surface area (Å²) in [6.07, 6.45) is 0. The number of nitrogens with zero attached hydrogens (tertiary/aromatic N) is 2. The molecule has 0 saturated carbocycles. The Hall–Kier alpha value is -2.66. The van der Waals surface area contributed by atoms with Crippen molar-refractivity contribution >= 4 is 17.5 Å². The maximum Gasteiger partial charge on any atom is 0.257 e. The lowest BCUT2D eigenvalue weighted by molar-refractivity contribution is 0.0949. The van der Waals surface area contributed by atoms with Crippen molar-refractivity contribution in [3.8, 4) is 11.5 Å². The van der Waals surface area contributed by atoms with Crippen molar-refractivity contribution in [3.63, 3.8) is 0 Å². The molecule has 0 aliphatic rings. The first-order valence-corrected chi connectivity index (χ1v) is 7.43. The number of rotatable bonds is 4. The van der Waals surface area contributed by atoms with Gasteiger partial charge in [0.25, 0.3) is 11.8 Å². The highest BCUT2D eigenvalue weighted by Crippen LogP contribution is 2.18. The first-order chi connectivity index (χ1) is 11.1. The third kappa shape index (κ3) is 3.76. The number of amides is 1. The van der Waals surface area contributed by atoms with Crippen LogP contribution in [0.4, 0.5) is 0 Å². The van der Waals surface area contributed by atoms with Crippen LogP contribution in [0.1, 0.15) is 21.7 Å². The number of aryl methyl sites for hydroxylation is 1. The Bertz CT molecular complexity index is 828. The molecule has 0 atom stereocenters. The molecular weight excluding hydrogens is 314 g/mol. The summed E-state index contributed by atoms with van der Waals surface area (Å²) in [6, 6.07) is 14.4. The van der Waals surface area contributed by atoms with E-state index < -0.39 is 0 Å². The lowest BCUT2D eigenvalue weighted by atomic mass is 10.1. The molecule has 0 aliphatic carbocycles. The first kappa shape index (κ1) is 15.2. The molecule has 0 radical (unpaired) electrons. The topological polar surface area (TPSA) is 68.0 Å². The van der Waals surface area contributed by atoms with Crippen LogP contribution in [-0.4, -0.2) is 16.0 Å². The van der Waals surface area contributed by atoms with Gasteiger partial charge in [-0.25, -0.2) is 0 Å². The Kier molecular flexibility index (Phi) is 4.39. The van der Waals surface area contributed by atoms with Gasteiger partial charge in [-0.15, -0.1) is 0 Å². The van der Waals surface area contributed by atoms with Crippen LogP contribution in [0.15, 0.2) is 53.1 Å². The third-order valence-corrected chi connectivity index (χ3v) is 3.50. The molecule has 0 fully saturated rings. The Morgan fingerprint density at radius 2 is 2.00 bits per heavy atom. The molecule has 1 N–H and O–H groups in total. The van der Waals surface area contributed by atoms with Crippen molar-refractivity contribution in [1.29, 1.82) is 0 Å². The number of hydrogen-bond donors (Lipinski definition) is 1. The Labute approximate surface area is 138 Å². The predicted octanol–water partition coefficient (Wildman–Crippen LogP) is 3.63. The quantitative estimate of drug-likeness (QED) is 0.794. The van der Waals surface area contributed by atoms with Gasteiger partial charge in [-0.2, -0.15) is 4.98 Å². The van der Waals surface area contributed by atoms with Gasteiger partial charge in [0.1, 0.15) is 0 Å². The second-order valence-corrected chi connectivity index (χ2v) is 5.51. The van der Waals surface area contributed by atoms with E-state index in [0.29, 0.717) is 22.3 Å². The zero-order valence-corrected chi connectivity index (χ0v) is 13.2. The van der Waals surface area contributed by atoms with Gasteiger partial charge in [-0.3, -0.25) is 4.79 Å². The number of benzene rings is 2. The minimum absolute atomic E-state index is 0.191. The Balaban J connectivity index is 1.65. The number of carbonyl (C=O) groups excluding carboxylic acids is 1. The fraction of sp³-hybridized carbons (Fsp3) is 0.118. The van der Waals surface area contributed by atoms with E-state index in [1.165, 1.54) is 0 Å². The van der Waals surface area contributed by atoms with Crippen molar-refractivity contribution in [2.75, 3.05) is 0 Å². The second-order valence-electron chi connectivity index (χ2n) is 5.07. The van der Waals surface area contributed by atoms with Gasteiger partial charge in [-0.1, -0.05) is 34.5 Å². The van der Waals surface area contributed by atoms with Gasteiger partial charge < -0.3 is 9.84 Å². The van der Waals surface area contributed by atoms with E-state index in [4.69, 9.17) is 16.1 Å². The average molecular weight is 328 g/mol. The van der Waals surface area contributed by atoms with Crippen LogP contribution in [0, 0.1) is 6.92 Å². The Morgan fingerprint density at radius 1 is 1.22 bits per heavy atom. The van der Waals surface area contributed by atoms with Gasteiger partial charge in [0, 0.05) is 16.1 Å². The smallest absolute Gasteiger partial charge is 0.257 e. The summed E-state index contributed by atoms with van der Waals surface area (Å²) < 4.78 is 5.23. The van der Waals surface area contributed by atoms with Crippen molar-refractivity contribution in [2.24, 2.45) is 0 Å². The summed E-state index contributed by atoms with van der Waals surface area (Å²) >= 11 is 5.80. The van der Waals surface area contributed by atoms with Gasteiger partial charge in [-0.05, 0) is 43.3 Å². The fourth-order valence-corrected chi connectivity index (χ4v) is 2.21. The third-order valence-electron chi connectivity index (χ3n) is 3.25. The SMILES string of the molecule is Cc1cccc(-c2nc(CNC(=O)c3ccc(Cl)cc3)no2)c1. The highest BCUT2D eigenvalue weighted by Gasteiger charge is 2.11. The van der Waals surface area contributed by atoms with E-state index in [2.05, 4.69) is 15.5 Å². The molecule has 1 amide bonds. The fourth-order valence-electron chi connectivity index (χ4n) is 2.08. The highest BCUT2D eigenvalue weighted by atomic mass is 35.5. The lowest BCUT2D eigenvalue weighted by Gasteiger charge is -2.02. The van der Waals surface area contributed by atoms with Crippen molar-refractivity contribution in [2.45, 2.75) is 13.5 Å². The van der Waals surface area contributed by atoms with Gasteiger partial charge in [0.05, 0.1) is 6.54 Å². The maximum atomic E-state index is 12.0. The molecule has 0 spiro atoms. The van der Waals surface area contributed by atoms with Crippen LogP contribution in [0.3, 0.4) is 0 Å². The summed E-state index contributed by atoms with van der Waals surface area (Å²) in [4.78, 5) is 16.3. The van der Waals surface area contributed by atoms with Crippen molar-refractivity contribution in [1.82, 2.24) is 15.5 Å². The molecule has 5 nitrogen and oxygen atoms in total. The van der Waals surface area contributed by atoms with E-state index in [0.717, 1.165) is 11.1 Å². The van der Waals surface area contributed by atoms with Crippen LogP contribution >= 0.6 is 11.6 Å². The van der Waals surface area contributed by atoms with Crippen LogP contribution in [0.25, 0.3) is 11.5 Å². The minimum atomic E-state index is -0.219. The number of halogens is 1. The monoisotopic (exact) mass is 327 g/mol. The normalized spacial score (nSPS) is 10.5. The second kappa shape index (κ2) is 6.62. The van der Waals surface area contributed by atoms with Crippen LogP contribution in [-0.2, 0) is 6.54 Å². The summed E-state index contributed by atoms with van der Waals surface area (Å²) in [5.41, 5.74) is 2.49. The molecule has 1 aromatic heterocycles. The number of nitrogens with one attached hydrogen (secondary N) is 1. The average Bonchev–Trinajstić information content (AvgIpc) is 3.02. The zero-order chi connectivity index (χ0) is 16.2. The molecule has 3 rings (SSSR count). The molecule has 23 heavy (non-hydrogen) atoms. The minimum Gasteiger partial charge on any atom is -0.345 e. The van der Waals surface area contributed by atoms with Crippen LogP contribution in [0.5, 0.6) is 0 Å². The van der Waals surface area contributed by atoms with E-state index >= 15 is 0 Å². The molecule has 1 heterocycles. The van der Waals surface area contributed by atoms with E-state index in [9.17, 15) is 4.79 Å². The molecule has 2 aromatic carbocycles. The number of hydrogen-bond acceptors (Lipinski definition) is 4. The molecular formula is C17H14ClN3O2. The molecule has 116 valence electrons. The standard InChI is InChI=1S/C17H14ClN3O2/c1-11-3-2-4-13(9-11)17-20-15(21-23-17)10-19-16(22)12-5-7-14(18)8-6-12/h2-9H,10H2,1H3,(H,19,22). The van der Waals surface area contributed by atoms with E-state index in [1.807, 2.05) is 31.2 Å². The zero-order valence-electron chi connectivity index (χ0n) is 12.4. The van der Waals surface area contributed by atoms with Gasteiger partial charge in [0.15, 0.2) is 5.82 Å².